The zero-order chi connectivity index (χ0) is 28.0. The molecule has 0 saturated heterocycles. The van der Waals surface area contributed by atoms with Crippen LogP contribution >= 0.6 is 0 Å². The van der Waals surface area contributed by atoms with Crippen LogP contribution < -0.4 is 0 Å². The Morgan fingerprint density at radius 1 is 0.525 bits per heavy atom. The summed E-state index contributed by atoms with van der Waals surface area (Å²) in [5.41, 5.74) is 8.16. The van der Waals surface area contributed by atoms with Gasteiger partial charge in [0.05, 0.1) is 23.0 Å². The van der Waals surface area contributed by atoms with E-state index in [1.165, 1.54) is 22.3 Å². The molecule has 0 spiro atoms. The van der Waals surface area contributed by atoms with Gasteiger partial charge in [-0.3, -0.25) is 0 Å². The molecule has 0 aliphatic heterocycles. The second kappa shape index (κ2) is 10.4. The van der Waals surface area contributed by atoms with Crippen molar-refractivity contribution in [3.63, 3.8) is 0 Å². The van der Waals surface area contributed by atoms with E-state index in [4.69, 9.17) is 9.47 Å². The smallest absolute Gasteiger partial charge is 0.338 e. The Hall–Kier alpha value is -4.18. The number of ether oxygens (including phenoxy) is 2. The fourth-order valence-electron chi connectivity index (χ4n) is 6.65. The van der Waals surface area contributed by atoms with Crippen LogP contribution in [0.1, 0.15) is 105 Å². The first-order chi connectivity index (χ1) is 19.4. The van der Waals surface area contributed by atoms with E-state index in [-0.39, 0.29) is 23.7 Å². The number of carbonyl (C=O) groups is 2. The maximum atomic E-state index is 13.5. The molecule has 4 nitrogen and oxygen atoms in total. The third-order valence-corrected chi connectivity index (χ3v) is 8.37. The van der Waals surface area contributed by atoms with Crippen molar-refractivity contribution < 1.29 is 19.1 Å². The third-order valence-electron chi connectivity index (χ3n) is 8.37. The molecule has 0 heterocycles. The lowest BCUT2D eigenvalue weighted by molar-refractivity contribution is -0.0560. The summed E-state index contributed by atoms with van der Waals surface area (Å²) in [6, 6.07) is 31.0. The van der Waals surface area contributed by atoms with E-state index in [0.717, 1.165) is 11.1 Å². The van der Waals surface area contributed by atoms with Crippen LogP contribution in [0.4, 0.5) is 0 Å². The summed E-state index contributed by atoms with van der Waals surface area (Å²) < 4.78 is 12.8. The minimum Gasteiger partial charge on any atom is -0.454 e. The van der Waals surface area contributed by atoms with Crippen molar-refractivity contribution in [3.8, 4) is 0 Å². The zero-order valence-electron chi connectivity index (χ0n) is 23.3. The molecular formula is C36H34O4. The van der Waals surface area contributed by atoms with Gasteiger partial charge in [0.15, 0.2) is 12.2 Å². The second-order valence-electron chi connectivity index (χ2n) is 11.4. The molecule has 3 aliphatic carbocycles. The summed E-state index contributed by atoms with van der Waals surface area (Å²) >= 11 is 0. The van der Waals surface area contributed by atoms with Gasteiger partial charge in [-0.1, -0.05) is 100 Å². The number of rotatable bonds is 6. The Kier molecular flexibility index (Phi) is 6.79. The lowest BCUT2D eigenvalue weighted by atomic mass is 9.58. The quantitative estimate of drug-likeness (QED) is 0.237. The number of fused-ring (bicyclic) bond motifs is 1. The van der Waals surface area contributed by atoms with Crippen molar-refractivity contribution in [3.05, 3.63) is 142 Å². The topological polar surface area (TPSA) is 52.6 Å². The van der Waals surface area contributed by atoms with Crippen LogP contribution in [-0.4, -0.2) is 24.1 Å². The normalized spacial score (nSPS) is 20.6. The van der Waals surface area contributed by atoms with Gasteiger partial charge >= 0.3 is 11.9 Å². The first-order valence-electron chi connectivity index (χ1n) is 14.1. The summed E-state index contributed by atoms with van der Waals surface area (Å²) in [5.74, 6) is -0.779. The molecule has 2 unspecified atom stereocenters. The van der Waals surface area contributed by atoms with E-state index in [1.54, 1.807) is 24.3 Å². The van der Waals surface area contributed by atoms with E-state index in [9.17, 15) is 9.59 Å². The number of carbonyl (C=O) groups excluding carboxylic acids is 2. The highest BCUT2D eigenvalue weighted by molar-refractivity contribution is 5.91. The lowest BCUT2D eigenvalue weighted by Crippen LogP contribution is -2.52. The summed E-state index contributed by atoms with van der Waals surface area (Å²) in [4.78, 5) is 27.1. The summed E-state index contributed by atoms with van der Waals surface area (Å²) in [6.45, 7) is 8.78. The highest BCUT2D eigenvalue weighted by Gasteiger charge is 2.55. The molecular weight excluding hydrogens is 496 g/mol. The zero-order valence-corrected chi connectivity index (χ0v) is 23.3. The number of hydrogen-bond acceptors (Lipinski definition) is 4. The predicted octanol–water partition coefficient (Wildman–Crippen LogP) is 7.98. The fourth-order valence-corrected chi connectivity index (χ4v) is 6.65. The van der Waals surface area contributed by atoms with Crippen molar-refractivity contribution in [1.82, 2.24) is 0 Å². The van der Waals surface area contributed by atoms with Gasteiger partial charge < -0.3 is 9.47 Å². The molecule has 0 radical (unpaired) electrons. The van der Waals surface area contributed by atoms with Crippen LogP contribution in [0.15, 0.2) is 97.1 Å². The van der Waals surface area contributed by atoms with Crippen LogP contribution in [0, 0.1) is 0 Å². The van der Waals surface area contributed by atoms with Gasteiger partial charge in [-0.15, -0.1) is 0 Å². The molecule has 4 heteroatoms. The Morgan fingerprint density at radius 2 is 0.900 bits per heavy atom. The molecule has 7 rings (SSSR count). The molecule has 0 amide bonds. The van der Waals surface area contributed by atoms with Gasteiger partial charge in [-0.2, -0.15) is 0 Å². The molecule has 40 heavy (non-hydrogen) atoms. The predicted molar refractivity (Wildman–Crippen MR) is 156 cm³/mol. The average Bonchev–Trinajstić information content (AvgIpc) is 2.98. The van der Waals surface area contributed by atoms with Crippen LogP contribution in [-0.2, 0) is 9.47 Å². The third kappa shape index (κ3) is 4.32. The highest BCUT2D eigenvalue weighted by atomic mass is 16.6. The standard InChI is InChI=1S/C36H34O4/c1-21(2)25-17-11-19-27-29(25)31-28-20-12-18-26(22(3)4)30(28)32(27)34(40-36(38)24-15-9-6-10-16-24)33(31)39-35(37)23-13-7-5-8-14-23/h5-22,31-34H,1-4H3/t31-,32+,33?,34?. The Bertz CT molecular complexity index is 1440. The van der Waals surface area contributed by atoms with E-state index < -0.39 is 24.1 Å². The Morgan fingerprint density at radius 3 is 1.25 bits per heavy atom. The summed E-state index contributed by atoms with van der Waals surface area (Å²) in [7, 11) is 0. The maximum absolute atomic E-state index is 13.5. The van der Waals surface area contributed by atoms with Crippen molar-refractivity contribution >= 4 is 11.9 Å². The van der Waals surface area contributed by atoms with Gasteiger partial charge in [0.2, 0.25) is 0 Å². The van der Waals surface area contributed by atoms with Crippen LogP contribution in [0.25, 0.3) is 0 Å². The van der Waals surface area contributed by atoms with E-state index >= 15 is 0 Å². The molecule has 4 aromatic carbocycles. The van der Waals surface area contributed by atoms with Gasteiger partial charge in [0, 0.05) is 0 Å². The average molecular weight is 531 g/mol. The molecule has 2 bridgehead atoms. The number of esters is 2. The minimum absolute atomic E-state index is 0.256. The first-order valence-corrected chi connectivity index (χ1v) is 14.1. The molecule has 3 aliphatic rings. The monoisotopic (exact) mass is 530 g/mol. The Balaban J connectivity index is 1.56. The van der Waals surface area contributed by atoms with E-state index in [2.05, 4.69) is 64.1 Å². The van der Waals surface area contributed by atoms with Gasteiger partial charge in [0.1, 0.15) is 0 Å². The second-order valence-corrected chi connectivity index (χ2v) is 11.4. The van der Waals surface area contributed by atoms with Crippen molar-refractivity contribution in [2.75, 3.05) is 0 Å². The van der Waals surface area contributed by atoms with Gasteiger partial charge in [-0.25, -0.2) is 9.59 Å². The highest BCUT2D eigenvalue weighted by Crippen LogP contribution is 2.58. The lowest BCUT2D eigenvalue weighted by Gasteiger charge is -2.50. The van der Waals surface area contributed by atoms with Crippen LogP contribution in [0.5, 0.6) is 0 Å². The van der Waals surface area contributed by atoms with Crippen LogP contribution in [0.2, 0.25) is 0 Å². The van der Waals surface area contributed by atoms with Crippen molar-refractivity contribution in [2.45, 2.75) is 63.6 Å². The first kappa shape index (κ1) is 26.1. The molecule has 4 atom stereocenters. The summed E-state index contributed by atoms with van der Waals surface area (Å²) in [6.07, 6.45) is -1.35. The minimum atomic E-state index is -0.673. The van der Waals surface area contributed by atoms with Crippen molar-refractivity contribution in [1.29, 1.82) is 0 Å². The van der Waals surface area contributed by atoms with Crippen LogP contribution in [0.3, 0.4) is 0 Å². The molecule has 0 aromatic heterocycles. The fraction of sp³-hybridized carbons (Fsp3) is 0.278. The SMILES string of the molecule is CC(C)c1cccc2c1[C@H]1c3cccc(C(C)C)c3[C@H]2C(OC(=O)c2ccccc2)C1OC(=O)c1ccccc1. The van der Waals surface area contributed by atoms with Gasteiger partial charge in [0.25, 0.3) is 0 Å². The molecule has 4 aromatic rings. The Labute approximate surface area is 236 Å². The van der Waals surface area contributed by atoms with Gasteiger partial charge in [-0.05, 0) is 69.5 Å². The maximum Gasteiger partial charge on any atom is 0.338 e. The van der Waals surface area contributed by atoms with E-state index in [1.807, 2.05) is 36.4 Å². The number of benzene rings is 4. The summed E-state index contributed by atoms with van der Waals surface area (Å²) in [5, 5.41) is 0. The molecule has 0 fully saturated rings. The largest absolute Gasteiger partial charge is 0.454 e. The number of hydrogen-bond donors (Lipinski definition) is 0. The molecule has 202 valence electrons. The molecule has 0 saturated carbocycles. The van der Waals surface area contributed by atoms with E-state index in [0.29, 0.717) is 11.1 Å². The van der Waals surface area contributed by atoms with Crippen molar-refractivity contribution in [2.24, 2.45) is 0 Å². The molecule has 0 N–H and O–H groups in total.